The van der Waals surface area contributed by atoms with Crippen LogP contribution in [0.25, 0.3) is 11.1 Å². The summed E-state index contributed by atoms with van der Waals surface area (Å²) in [6.07, 6.45) is 1.13. The largest absolute Gasteiger partial charge is 0.510 e. The van der Waals surface area contributed by atoms with E-state index < -0.39 is 34.6 Å². The van der Waals surface area contributed by atoms with Crippen molar-refractivity contribution < 1.29 is 48.4 Å². The number of hydrogen-bond acceptors (Lipinski definition) is 15. The second-order valence-corrected chi connectivity index (χ2v) is 13.8. The van der Waals surface area contributed by atoms with E-state index in [-0.39, 0.29) is 57.1 Å². The van der Waals surface area contributed by atoms with Crippen LogP contribution in [0.1, 0.15) is 88.5 Å². The van der Waals surface area contributed by atoms with Crippen LogP contribution in [0.15, 0.2) is 77.9 Å². The minimum Gasteiger partial charge on any atom is -0.464 e. The normalized spacial score (nSPS) is 12.2. The number of amidine groups is 1. The average Bonchev–Trinajstić information content (AvgIpc) is 3.20. The lowest BCUT2D eigenvalue weighted by Gasteiger charge is -2.33. The van der Waals surface area contributed by atoms with Crippen molar-refractivity contribution in [2.24, 2.45) is 22.6 Å². The highest BCUT2D eigenvalue weighted by molar-refractivity contribution is 6.03. The Morgan fingerprint density at radius 3 is 2.12 bits per heavy atom. The number of rotatable bonds is 25. The number of nitrogens with two attached hydrogens (primary N) is 2. The van der Waals surface area contributed by atoms with Crippen molar-refractivity contribution >= 4 is 23.9 Å². The molecule has 0 saturated carbocycles. The van der Waals surface area contributed by atoms with E-state index >= 15 is 0 Å². The molecule has 0 aliphatic carbocycles. The Labute approximate surface area is 342 Å². The highest BCUT2D eigenvalue weighted by Crippen LogP contribution is 2.26. The molecule has 0 radical (unpaired) electrons. The molecule has 0 aliphatic heterocycles. The van der Waals surface area contributed by atoms with Gasteiger partial charge in [0.05, 0.1) is 13.2 Å². The van der Waals surface area contributed by atoms with Crippen LogP contribution < -0.4 is 11.6 Å². The van der Waals surface area contributed by atoms with Crippen molar-refractivity contribution in [3.63, 3.8) is 0 Å². The molecule has 0 fully saturated rings. The Hall–Kier alpha value is -6.50. The Balaban J connectivity index is 1.68. The summed E-state index contributed by atoms with van der Waals surface area (Å²) in [5, 5.41) is 24.2. The van der Waals surface area contributed by atoms with Gasteiger partial charge >= 0.3 is 12.1 Å². The first-order valence-electron chi connectivity index (χ1n) is 19.2. The number of hydrogen-bond donors (Lipinski definition) is 2. The predicted molar refractivity (Wildman–Crippen MR) is 214 cm³/mol. The Morgan fingerprint density at radius 1 is 0.797 bits per heavy atom. The predicted octanol–water partition coefficient (Wildman–Crippen LogP) is 6.02. The third-order valence-corrected chi connectivity index (χ3v) is 8.87. The molecule has 3 aromatic rings. The maximum absolute atomic E-state index is 13.6. The topological polar surface area (TPSA) is 255 Å². The number of benzene rings is 3. The molecule has 4 N–H and O–H groups in total. The first kappa shape index (κ1) is 46.9. The van der Waals surface area contributed by atoms with Crippen molar-refractivity contribution in [2.45, 2.75) is 98.2 Å². The fourth-order valence-electron chi connectivity index (χ4n) is 5.86. The summed E-state index contributed by atoms with van der Waals surface area (Å²) in [6, 6.07) is 20.4. The summed E-state index contributed by atoms with van der Waals surface area (Å²) in [4.78, 5) is 70.4. The van der Waals surface area contributed by atoms with Crippen LogP contribution in [0, 0.1) is 26.1 Å². The summed E-state index contributed by atoms with van der Waals surface area (Å²) in [6.45, 7) is 7.00. The maximum Gasteiger partial charge on any atom is 0.510 e. The van der Waals surface area contributed by atoms with Crippen LogP contribution in [-0.2, 0) is 53.2 Å². The number of ether oxygens (including phenoxy) is 3. The van der Waals surface area contributed by atoms with Gasteiger partial charge in [-0.15, -0.1) is 25.3 Å². The highest BCUT2D eigenvalue weighted by atomic mass is 17.0. The quantitative estimate of drug-likeness (QED) is 0.0145. The number of amides is 1. The maximum atomic E-state index is 13.6. The molecule has 1 amide bonds. The van der Waals surface area contributed by atoms with Crippen molar-refractivity contribution in [1.82, 2.24) is 10.0 Å². The zero-order valence-electron chi connectivity index (χ0n) is 33.7. The number of carbonyl (C=O) groups is 3. The smallest absolute Gasteiger partial charge is 0.464 e. The molecule has 0 spiro atoms. The molecule has 3 rings (SSSR count). The van der Waals surface area contributed by atoms with Gasteiger partial charge in [0.25, 0.3) is 10.2 Å². The zero-order valence-corrected chi connectivity index (χ0v) is 33.7. The lowest BCUT2D eigenvalue weighted by Crippen LogP contribution is -2.48. The second-order valence-electron chi connectivity index (χ2n) is 13.8. The van der Waals surface area contributed by atoms with Gasteiger partial charge in [0.15, 0.2) is 5.84 Å². The van der Waals surface area contributed by atoms with Gasteiger partial charge in [-0.1, -0.05) is 100.0 Å². The first-order valence-corrected chi connectivity index (χ1v) is 19.2. The van der Waals surface area contributed by atoms with Gasteiger partial charge < -0.3 is 34.5 Å². The van der Waals surface area contributed by atoms with E-state index in [9.17, 15) is 34.6 Å². The average molecular weight is 824 g/mol. The molecule has 3 aromatic carbocycles. The van der Waals surface area contributed by atoms with E-state index in [1.807, 2.05) is 57.2 Å². The molecular formula is C40H53N7O12. The fraction of sp³-hybridized carbons (Fsp3) is 0.450. The lowest BCUT2D eigenvalue weighted by molar-refractivity contribution is -0.763. The molecule has 0 bridgehead atoms. The molecule has 0 aromatic heterocycles. The van der Waals surface area contributed by atoms with E-state index in [0.717, 1.165) is 28.2 Å². The number of hydrazone groups is 1. The van der Waals surface area contributed by atoms with Gasteiger partial charge in [0, 0.05) is 18.5 Å². The zero-order chi connectivity index (χ0) is 43.3. The molecule has 2 unspecified atom stereocenters. The van der Waals surface area contributed by atoms with Gasteiger partial charge in [0.2, 0.25) is 12.1 Å². The Kier molecular flexibility index (Phi) is 19.3. The Bertz CT molecular complexity index is 1880. The summed E-state index contributed by atoms with van der Waals surface area (Å²) in [7, 11) is 0. The second kappa shape index (κ2) is 24.3. The van der Waals surface area contributed by atoms with E-state index in [1.54, 1.807) is 41.3 Å². The van der Waals surface area contributed by atoms with Crippen LogP contribution in [-0.4, -0.2) is 69.5 Å². The summed E-state index contributed by atoms with van der Waals surface area (Å²) in [5.41, 5.74) is 10.3. The van der Waals surface area contributed by atoms with E-state index in [0.29, 0.717) is 42.4 Å². The molecule has 0 heterocycles. The number of esters is 1. The minimum absolute atomic E-state index is 0.0284. The summed E-state index contributed by atoms with van der Waals surface area (Å²) < 4.78 is 16.0. The van der Waals surface area contributed by atoms with Crippen molar-refractivity contribution in [2.75, 3.05) is 13.2 Å². The number of carbonyl (C=O) groups excluding carboxylic acids is 3. The molecule has 2 atom stereocenters. The van der Waals surface area contributed by atoms with Crippen LogP contribution in [0.5, 0.6) is 0 Å². The van der Waals surface area contributed by atoms with Gasteiger partial charge in [-0.25, -0.2) is 15.4 Å². The third-order valence-electron chi connectivity index (χ3n) is 8.87. The molecule has 320 valence electrons. The van der Waals surface area contributed by atoms with Gasteiger partial charge in [-0.2, -0.15) is 5.12 Å². The van der Waals surface area contributed by atoms with Crippen LogP contribution in [0.2, 0.25) is 0 Å². The van der Waals surface area contributed by atoms with Crippen LogP contribution in [0.4, 0.5) is 4.79 Å². The van der Waals surface area contributed by atoms with Gasteiger partial charge in [-0.05, 0) is 66.3 Å². The fourth-order valence-corrected chi connectivity index (χ4v) is 5.86. The van der Waals surface area contributed by atoms with Crippen molar-refractivity contribution in [1.29, 1.82) is 0 Å². The molecule has 19 heteroatoms. The van der Waals surface area contributed by atoms with Gasteiger partial charge in [0.1, 0.15) is 19.3 Å². The monoisotopic (exact) mass is 823 g/mol. The lowest BCUT2D eigenvalue weighted by atomic mass is 9.97. The number of hydrazine groups is 1. The molecule has 0 aliphatic rings. The van der Waals surface area contributed by atoms with E-state index in [2.05, 4.69) is 14.8 Å². The first-order chi connectivity index (χ1) is 28.2. The SMILES string of the molecule is CCCCC(=O)N(Cc1ccc(-c2ccccc2/C(N)=N/N(N)C(C)OC(=O)OCc2cccc(CO[N+](=O)[O-])c2)cc1)C(C(=O)OCCCCCO[N+](=O)[O-])C(C)C. The number of nitrogens with zero attached hydrogens (tertiary/aromatic N) is 5. The third kappa shape index (κ3) is 16.1. The van der Waals surface area contributed by atoms with Crippen LogP contribution in [0.3, 0.4) is 0 Å². The molecule has 0 saturated heterocycles. The Morgan fingerprint density at radius 2 is 1.46 bits per heavy atom. The van der Waals surface area contributed by atoms with E-state index in [4.69, 9.17) is 25.8 Å². The molecule has 59 heavy (non-hydrogen) atoms. The van der Waals surface area contributed by atoms with Crippen LogP contribution >= 0.6 is 0 Å². The standard InChI is InChI=1S/C40H53N7O12/c1-5-6-17-36(48)44(37(28(2)3)39(49)55-22-10-7-11-23-57-46(51)52)25-30-18-20-33(21-19-30)34-15-8-9-16-35(34)38(41)43-45(42)29(4)59-40(50)56-26-31-13-12-14-32(24-31)27-58-47(53)54/h8-9,12-16,18-21,24,28-29,37H,5-7,10-11,17,22-23,25-27,42H2,1-4H3,(H2,41,43). The number of unbranched alkanes of at least 4 members (excludes halogenated alkanes) is 3. The van der Waals surface area contributed by atoms with Gasteiger partial charge in [-0.3, -0.25) is 4.79 Å². The highest BCUT2D eigenvalue weighted by Gasteiger charge is 2.33. The van der Waals surface area contributed by atoms with Crippen molar-refractivity contribution in [3.8, 4) is 11.1 Å². The summed E-state index contributed by atoms with van der Waals surface area (Å²) in [5.74, 6) is 5.21. The minimum atomic E-state index is -1.09. The molecular weight excluding hydrogens is 770 g/mol. The van der Waals surface area contributed by atoms with Crippen molar-refractivity contribution in [3.05, 3.63) is 115 Å². The van der Waals surface area contributed by atoms with E-state index in [1.165, 1.54) is 6.92 Å². The summed E-state index contributed by atoms with van der Waals surface area (Å²) >= 11 is 0. The molecule has 19 nitrogen and oxygen atoms in total.